The maximum Gasteiger partial charge on any atom is 0.101 e. The summed E-state index contributed by atoms with van der Waals surface area (Å²) < 4.78 is 0. The van der Waals surface area contributed by atoms with E-state index in [2.05, 4.69) is 43.0 Å². The standard InChI is InChI=1S/C40H80N2/c1-4-7-10-13-16-18-19-20-21-22-23-24-26-29-32-35-40-41(36-33-30-27-15-12-9-6-3)38-39-42(40)37-34-31-28-25-17-14-11-8-5-2/h38-40H,4-37H2,1-3H3. The Kier molecular flexibility index (Phi) is 29.8. The van der Waals surface area contributed by atoms with Crippen molar-refractivity contribution >= 4 is 0 Å². The quantitative estimate of drug-likeness (QED) is 0.0690. The van der Waals surface area contributed by atoms with Gasteiger partial charge in [-0.15, -0.1) is 0 Å². The van der Waals surface area contributed by atoms with Crippen LogP contribution in [0.25, 0.3) is 0 Å². The molecule has 0 radical (unpaired) electrons. The monoisotopic (exact) mass is 589 g/mol. The minimum Gasteiger partial charge on any atom is -0.356 e. The lowest BCUT2D eigenvalue weighted by Crippen LogP contribution is -2.39. The molecule has 2 nitrogen and oxygen atoms in total. The van der Waals surface area contributed by atoms with Crippen molar-refractivity contribution in [1.29, 1.82) is 0 Å². The van der Waals surface area contributed by atoms with Gasteiger partial charge in [0.1, 0.15) is 6.17 Å². The van der Waals surface area contributed by atoms with Crippen LogP contribution in [0, 0.1) is 0 Å². The molecule has 0 aromatic rings. The van der Waals surface area contributed by atoms with Crippen LogP contribution in [-0.4, -0.2) is 29.1 Å². The van der Waals surface area contributed by atoms with Gasteiger partial charge in [-0.2, -0.15) is 0 Å². The SMILES string of the molecule is CCCCCCCCCCCCCCCCCC1N(CCCCCCCCC)C=CN1CCCCCCCCCCC. The minimum atomic E-state index is 0.640. The zero-order valence-electron chi connectivity index (χ0n) is 29.7. The summed E-state index contributed by atoms with van der Waals surface area (Å²) in [6, 6.07) is 0. The van der Waals surface area contributed by atoms with Crippen molar-refractivity contribution in [3.05, 3.63) is 12.4 Å². The first kappa shape index (κ1) is 39.4. The first-order chi connectivity index (χ1) is 20.8. The van der Waals surface area contributed by atoms with E-state index >= 15 is 0 Å². The third-order valence-corrected chi connectivity index (χ3v) is 9.82. The maximum atomic E-state index is 2.71. The third-order valence-electron chi connectivity index (χ3n) is 9.82. The average molecular weight is 589 g/mol. The van der Waals surface area contributed by atoms with E-state index in [-0.39, 0.29) is 0 Å². The molecule has 1 unspecified atom stereocenters. The predicted octanol–water partition coefficient (Wildman–Crippen LogP) is 13.9. The Morgan fingerprint density at radius 3 is 0.833 bits per heavy atom. The van der Waals surface area contributed by atoms with Crippen LogP contribution in [0.4, 0.5) is 0 Å². The summed E-state index contributed by atoms with van der Waals surface area (Å²) in [7, 11) is 0. The van der Waals surface area contributed by atoms with Crippen molar-refractivity contribution in [2.24, 2.45) is 0 Å². The second-order valence-electron chi connectivity index (χ2n) is 13.9. The summed E-state index contributed by atoms with van der Waals surface area (Å²) >= 11 is 0. The van der Waals surface area contributed by atoms with Crippen LogP contribution < -0.4 is 0 Å². The Labute approximate surface area is 267 Å². The molecule has 0 aromatic heterocycles. The molecule has 0 aromatic carbocycles. The Morgan fingerprint density at radius 1 is 0.310 bits per heavy atom. The third kappa shape index (κ3) is 23.8. The number of nitrogens with zero attached hydrogens (tertiary/aromatic N) is 2. The van der Waals surface area contributed by atoms with Crippen LogP contribution in [0.1, 0.15) is 226 Å². The van der Waals surface area contributed by atoms with E-state index < -0.39 is 0 Å². The smallest absolute Gasteiger partial charge is 0.101 e. The highest BCUT2D eigenvalue weighted by molar-refractivity contribution is 4.97. The maximum absolute atomic E-state index is 2.71. The van der Waals surface area contributed by atoms with E-state index in [9.17, 15) is 0 Å². The molecule has 1 atom stereocenters. The summed E-state index contributed by atoms with van der Waals surface area (Å²) in [5.74, 6) is 0. The molecule has 1 aliphatic rings. The van der Waals surface area contributed by atoms with Crippen LogP contribution in [0.15, 0.2) is 12.4 Å². The first-order valence-electron chi connectivity index (χ1n) is 20.0. The lowest BCUT2D eigenvalue weighted by molar-refractivity contribution is 0.135. The lowest BCUT2D eigenvalue weighted by Gasteiger charge is -2.33. The molecule has 0 bridgehead atoms. The molecule has 1 rings (SSSR count). The second-order valence-corrected chi connectivity index (χ2v) is 13.9. The van der Waals surface area contributed by atoms with Gasteiger partial charge in [-0.1, -0.05) is 201 Å². The summed E-state index contributed by atoms with van der Waals surface area (Å²) in [6.45, 7) is 9.48. The molecule has 0 N–H and O–H groups in total. The van der Waals surface area contributed by atoms with Crippen molar-refractivity contribution in [3.63, 3.8) is 0 Å². The molecule has 0 fully saturated rings. The van der Waals surface area contributed by atoms with Crippen molar-refractivity contribution in [2.45, 2.75) is 232 Å². The molecule has 0 aliphatic carbocycles. The summed E-state index contributed by atoms with van der Waals surface area (Å²) in [4.78, 5) is 5.43. The van der Waals surface area contributed by atoms with Crippen LogP contribution in [0.5, 0.6) is 0 Å². The van der Waals surface area contributed by atoms with Gasteiger partial charge >= 0.3 is 0 Å². The van der Waals surface area contributed by atoms with E-state index in [1.807, 2.05) is 0 Å². The van der Waals surface area contributed by atoms with E-state index in [0.717, 1.165) is 0 Å². The van der Waals surface area contributed by atoms with Gasteiger partial charge in [-0.25, -0.2) is 0 Å². The van der Waals surface area contributed by atoms with Crippen molar-refractivity contribution in [1.82, 2.24) is 9.80 Å². The fourth-order valence-corrected chi connectivity index (χ4v) is 6.89. The fourth-order valence-electron chi connectivity index (χ4n) is 6.89. The minimum absolute atomic E-state index is 0.640. The van der Waals surface area contributed by atoms with E-state index in [4.69, 9.17) is 0 Å². The lowest BCUT2D eigenvalue weighted by atomic mass is 10.0. The average Bonchev–Trinajstić information content (AvgIpc) is 3.38. The summed E-state index contributed by atoms with van der Waals surface area (Å²) in [5.41, 5.74) is 0. The highest BCUT2D eigenvalue weighted by atomic mass is 15.4. The second kappa shape index (κ2) is 31.8. The Morgan fingerprint density at radius 2 is 0.548 bits per heavy atom. The Bertz CT molecular complexity index is 544. The van der Waals surface area contributed by atoms with Gasteiger partial charge in [-0.05, 0) is 25.7 Å². The van der Waals surface area contributed by atoms with E-state index in [0.29, 0.717) is 6.17 Å². The molecule has 0 spiro atoms. The number of hydrogen-bond acceptors (Lipinski definition) is 2. The molecule has 0 saturated heterocycles. The molecule has 0 saturated carbocycles. The van der Waals surface area contributed by atoms with Gasteiger partial charge < -0.3 is 9.80 Å². The molecule has 1 aliphatic heterocycles. The molecular weight excluding hydrogens is 508 g/mol. The Balaban J connectivity index is 2.18. The molecule has 250 valence electrons. The molecule has 1 heterocycles. The molecule has 2 heteroatoms. The fraction of sp³-hybridized carbons (Fsp3) is 0.950. The van der Waals surface area contributed by atoms with Gasteiger partial charge in [0.2, 0.25) is 0 Å². The van der Waals surface area contributed by atoms with Crippen LogP contribution >= 0.6 is 0 Å². The first-order valence-corrected chi connectivity index (χ1v) is 20.0. The van der Waals surface area contributed by atoms with Crippen molar-refractivity contribution in [3.8, 4) is 0 Å². The summed E-state index contributed by atoms with van der Waals surface area (Å²) in [6.07, 6.45) is 51.4. The molecular formula is C40H80N2. The van der Waals surface area contributed by atoms with E-state index in [1.165, 1.54) is 219 Å². The van der Waals surface area contributed by atoms with Gasteiger partial charge in [-0.3, -0.25) is 0 Å². The van der Waals surface area contributed by atoms with Crippen LogP contribution in [0.2, 0.25) is 0 Å². The van der Waals surface area contributed by atoms with Crippen molar-refractivity contribution < 1.29 is 0 Å². The van der Waals surface area contributed by atoms with Crippen molar-refractivity contribution in [2.75, 3.05) is 13.1 Å². The van der Waals surface area contributed by atoms with Gasteiger partial charge in [0.05, 0.1) is 0 Å². The highest BCUT2D eigenvalue weighted by Crippen LogP contribution is 2.24. The zero-order valence-corrected chi connectivity index (χ0v) is 29.7. The molecule has 0 amide bonds. The molecule has 42 heavy (non-hydrogen) atoms. The largest absolute Gasteiger partial charge is 0.356 e. The zero-order chi connectivity index (χ0) is 30.2. The number of rotatable bonds is 34. The predicted molar refractivity (Wildman–Crippen MR) is 191 cm³/mol. The van der Waals surface area contributed by atoms with E-state index in [1.54, 1.807) is 0 Å². The summed E-state index contributed by atoms with van der Waals surface area (Å²) in [5, 5.41) is 0. The highest BCUT2D eigenvalue weighted by Gasteiger charge is 2.24. The normalized spacial score (nSPS) is 15.0. The number of unbranched alkanes of at least 4 members (excludes halogenated alkanes) is 28. The van der Waals surface area contributed by atoms with Crippen LogP contribution in [-0.2, 0) is 0 Å². The topological polar surface area (TPSA) is 6.48 Å². The van der Waals surface area contributed by atoms with Gasteiger partial charge in [0, 0.05) is 25.5 Å². The number of hydrogen-bond donors (Lipinski definition) is 0. The van der Waals surface area contributed by atoms with Gasteiger partial charge in [0.15, 0.2) is 0 Å². The Hall–Kier alpha value is -0.660. The van der Waals surface area contributed by atoms with Gasteiger partial charge in [0.25, 0.3) is 0 Å². The van der Waals surface area contributed by atoms with Crippen LogP contribution in [0.3, 0.4) is 0 Å².